The van der Waals surface area contributed by atoms with E-state index in [1.807, 2.05) is 24.3 Å². The van der Waals surface area contributed by atoms with Crippen LogP contribution in [-0.4, -0.2) is 25.1 Å². The summed E-state index contributed by atoms with van der Waals surface area (Å²) in [6.45, 7) is 2.26. The van der Waals surface area contributed by atoms with Crippen LogP contribution in [0.2, 0.25) is 0 Å². The molecule has 3 rings (SSSR count). The molecule has 0 saturated carbocycles. The first-order valence-electron chi connectivity index (χ1n) is 8.31. The summed E-state index contributed by atoms with van der Waals surface area (Å²) in [5, 5.41) is 0. The van der Waals surface area contributed by atoms with Gasteiger partial charge in [0.1, 0.15) is 5.75 Å². The smallest absolute Gasteiger partial charge is 0.120 e. The van der Waals surface area contributed by atoms with E-state index in [1.54, 1.807) is 7.11 Å². The van der Waals surface area contributed by atoms with E-state index in [0.29, 0.717) is 0 Å². The lowest BCUT2D eigenvalue weighted by Gasteiger charge is -2.31. The molecule has 2 nitrogen and oxygen atoms in total. The first-order valence-corrected chi connectivity index (χ1v) is 8.31. The van der Waals surface area contributed by atoms with Gasteiger partial charge < -0.3 is 4.74 Å². The number of methoxy groups -OCH3 is 1. The Kier molecular flexibility index (Phi) is 5.34. The lowest BCUT2D eigenvalue weighted by molar-refractivity contribution is 0.197. The molecule has 1 aliphatic rings. The second-order valence-electron chi connectivity index (χ2n) is 5.91. The average molecular weight is 305 g/mol. The van der Waals surface area contributed by atoms with Crippen LogP contribution >= 0.6 is 0 Å². The SMILES string of the molecule is COc1cccc(C#CC(c2ccccc2)N2CCCCC2)c1. The van der Waals surface area contributed by atoms with Crippen molar-refractivity contribution in [1.82, 2.24) is 4.90 Å². The van der Waals surface area contributed by atoms with Crippen LogP contribution in [0.1, 0.15) is 36.4 Å². The van der Waals surface area contributed by atoms with Gasteiger partial charge in [-0.1, -0.05) is 54.7 Å². The molecule has 0 amide bonds. The molecule has 23 heavy (non-hydrogen) atoms. The maximum atomic E-state index is 5.28. The molecule has 0 bridgehead atoms. The predicted molar refractivity (Wildman–Crippen MR) is 94.5 cm³/mol. The lowest BCUT2D eigenvalue weighted by atomic mass is 10.0. The Balaban J connectivity index is 1.88. The van der Waals surface area contributed by atoms with Crippen LogP contribution in [0.3, 0.4) is 0 Å². The van der Waals surface area contributed by atoms with E-state index in [-0.39, 0.29) is 6.04 Å². The van der Waals surface area contributed by atoms with Gasteiger partial charge in [-0.2, -0.15) is 0 Å². The number of hydrogen-bond acceptors (Lipinski definition) is 2. The van der Waals surface area contributed by atoms with Crippen molar-refractivity contribution >= 4 is 0 Å². The highest BCUT2D eigenvalue weighted by atomic mass is 16.5. The van der Waals surface area contributed by atoms with Crippen molar-refractivity contribution in [2.45, 2.75) is 25.3 Å². The summed E-state index contributed by atoms with van der Waals surface area (Å²) in [6.07, 6.45) is 3.87. The summed E-state index contributed by atoms with van der Waals surface area (Å²) in [4.78, 5) is 2.51. The fraction of sp³-hybridized carbons (Fsp3) is 0.333. The van der Waals surface area contributed by atoms with Gasteiger partial charge in [-0.3, -0.25) is 4.90 Å². The number of benzene rings is 2. The summed E-state index contributed by atoms with van der Waals surface area (Å²) in [5.74, 6) is 7.69. The minimum absolute atomic E-state index is 0.169. The zero-order valence-corrected chi connectivity index (χ0v) is 13.7. The van der Waals surface area contributed by atoms with Gasteiger partial charge in [0, 0.05) is 5.56 Å². The Morgan fingerprint density at radius 1 is 0.957 bits per heavy atom. The van der Waals surface area contributed by atoms with Gasteiger partial charge in [-0.25, -0.2) is 0 Å². The summed E-state index contributed by atoms with van der Waals surface area (Å²) < 4.78 is 5.28. The van der Waals surface area contributed by atoms with E-state index in [1.165, 1.54) is 24.8 Å². The summed E-state index contributed by atoms with van der Waals surface area (Å²) in [7, 11) is 1.69. The number of rotatable bonds is 3. The van der Waals surface area contributed by atoms with Gasteiger partial charge in [0.05, 0.1) is 13.2 Å². The molecule has 2 aromatic rings. The molecule has 1 heterocycles. The molecule has 2 aromatic carbocycles. The van der Waals surface area contributed by atoms with E-state index in [9.17, 15) is 0 Å². The first kappa shape index (κ1) is 15.6. The van der Waals surface area contributed by atoms with Crippen LogP contribution in [0.5, 0.6) is 5.75 Å². The molecule has 1 saturated heterocycles. The first-order chi connectivity index (χ1) is 11.4. The number of hydrogen-bond donors (Lipinski definition) is 0. The third-order valence-electron chi connectivity index (χ3n) is 4.29. The van der Waals surface area contributed by atoms with E-state index in [2.05, 4.69) is 47.1 Å². The van der Waals surface area contributed by atoms with Crippen LogP contribution in [-0.2, 0) is 0 Å². The van der Waals surface area contributed by atoms with Crippen molar-refractivity contribution in [3.63, 3.8) is 0 Å². The number of likely N-dealkylation sites (tertiary alicyclic amines) is 1. The molecule has 1 fully saturated rings. The molecule has 0 spiro atoms. The van der Waals surface area contributed by atoms with Crippen molar-refractivity contribution in [2.75, 3.05) is 20.2 Å². The average Bonchev–Trinajstić information content (AvgIpc) is 2.64. The predicted octanol–water partition coefficient (Wildman–Crippen LogP) is 4.27. The lowest BCUT2D eigenvalue weighted by Crippen LogP contribution is -2.33. The molecule has 1 atom stereocenters. The zero-order chi connectivity index (χ0) is 15.9. The molecular weight excluding hydrogens is 282 g/mol. The molecule has 0 N–H and O–H groups in total. The van der Waals surface area contributed by atoms with Gasteiger partial charge >= 0.3 is 0 Å². The maximum absolute atomic E-state index is 5.28. The minimum atomic E-state index is 0.169. The minimum Gasteiger partial charge on any atom is -0.497 e. The Labute approximate surface area is 139 Å². The molecule has 1 aliphatic heterocycles. The fourth-order valence-corrected chi connectivity index (χ4v) is 3.05. The van der Waals surface area contributed by atoms with Gasteiger partial charge in [-0.05, 0) is 49.7 Å². The second-order valence-corrected chi connectivity index (χ2v) is 5.91. The molecule has 2 heteroatoms. The summed E-state index contributed by atoms with van der Waals surface area (Å²) in [6, 6.07) is 18.7. The maximum Gasteiger partial charge on any atom is 0.120 e. The molecule has 0 aliphatic carbocycles. The molecule has 1 unspecified atom stereocenters. The fourth-order valence-electron chi connectivity index (χ4n) is 3.05. The molecule has 118 valence electrons. The van der Waals surface area contributed by atoms with Crippen molar-refractivity contribution in [3.05, 3.63) is 65.7 Å². The van der Waals surface area contributed by atoms with E-state index < -0.39 is 0 Å². The van der Waals surface area contributed by atoms with Crippen LogP contribution < -0.4 is 4.74 Å². The van der Waals surface area contributed by atoms with Crippen molar-refractivity contribution in [3.8, 4) is 17.6 Å². The molecular formula is C21H23NO. The number of nitrogens with zero attached hydrogens (tertiary/aromatic N) is 1. The van der Waals surface area contributed by atoms with Crippen molar-refractivity contribution in [2.24, 2.45) is 0 Å². The van der Waals surface area contributed by atoms with Crippen molar-refractivity contribution in [1.29, 1.82) is 0 Å². The third-order valence-corrected chi connectivity index (χ3v) is 4.29. The van der Waals surface area contributed by atoms with E-state index in [0.717, 1.165) is 24.4 Å². The van der Waals surface area contributed by atoms with Gasteiger partial charge in [0.25, 0.3) is 0 Å². The Bertz CT molecular complexity index is 678. The number of ether oxygens (including phenoxy) is 1. The quantitative estimate of drug-likeness (QED) is 0.785. The van der Waals surface area contributed by atoms with Crippen LogP contribution in [0.15, 0.2) is 54.6 Å². The standard InChI is InChI=1S/C21H23NO/c1-23-20-12-8-9-18(17-20)13-14-21(19-10-4-2-5-11-19)22-15-6-3-7-16-22/h2,4-5,8-12,17,21H,3,6-7,15-16H2,1H3. The van der Waals surface area contributed by atoms with Gasteiger partial charge in [0.15, 0.2) is 0 Å². The van der Waals surface area contributed by atoms with Crippen LogP contribution in [0, 0.1) is 11.8 Å². The monoisotopic (exact) mass is 305 g/mol. The van der Waals surface area contributed by atoms with E-state index in [4.69, 9.17) is 4.74 Å². The van der Waals surface area contributed by atoms with E-state index >= 15 is 0 Å². The topological polar surface area (TPSA) is 12.5 Å². The highest BCUT2D eigenvalue weighted by Crippen LogP contribution is 2.24. The second kappa shape index (κ2) is 7.85. The van der Waals surface area contributed by atoms with Gasteiger partial charge in [0.2, 0.25) is 0 Å². The summed E-state index contributed by atoms with van der Waals surface area (Å²) in [5.41, 5.74) is 2.28. The van der Waals surface area contributed by atoms with Crippen molar-refractivity contribution < 1.29 is 4.74 Å². The largest absolute Gasteiger partial charge is 0.497 e. The number of piperidine rings is 1. The molecule has 0 radical (unpaired) electrons. The Hall–Kier alpha value is -2.24. The van der Waals surface area contributed by atoms with Crippen LogP contribution in [0.4, 0.5) is 0 Å². The third kappa shape index (κ3) is 4.15. The Morgan fingerprint density at radius 2 is 1.74 bits per heavy atom. The van der Waals surface area contributed by atoms with Gasteiger partial charge in [-0.15, -0.1) is 0 Å². The highest BCUT2D eigenvalue weighted by molar-refractivity contribution is 5.41. The highest BCUT2D eigenvalue weighted by Gasteiger charge is 2.20. The Morgan fingerprint density at radius 3 is 2.48 bits per heavy atom. The normalized spacial score (nSPS) is 16.2. The zero-order valence-electron chi connectivity index (χ0n) is 13.7. The molecule has 0 aromatic heterocycles. The van der Waals surface area contributed by atoms with Crippen LogP contribution in [0.25, 0.3) is 0 Å². The summed E-state index contributed by atoms with van der Waals surface area (Å²) >= 11 is 0.